The van der Waals surface area contributed by atoms with Gasteiger partial charge in [-0.3, -0.25) is 0 Å². The van der Waals surface area contributed by atoms with E-state index in [9.17, 15) is 0 Å². The first-order valence-corrected chi connectivity index (χ1v) is 10.5. The Morgan fingerprint density at radius 3 is 2.38 bits per heavy atom. The highest BCUT2D eigenvalue weighted by atomic mass is 14.2. The second-order valence-corrected chi connectivity index (χ2v) is 7.85. The highest BCUT2D eigenvalue weighted by Crippen LogP contribution is 2.32. The van der Waals surface area contributed by atoms with Crippen LogP contribution in [0.1, 0.15) is 46.2 Å². The highest BCUT2D eigenvalue weighted by molar-refractivity contribution is 5.85. The molecule has 0 aromatic heterocycles. The van der Waals surface area contributed by atoms with Crippen LogP contribution in [0.4, 0.5) is 0 Å². The summed E-state index contributed by atoms with van der Waals surface area (Å²) in [4.78, 5) is 0. The molecule has 0 spiro atoms. The van der Waals surface area contributed by atoms with E-state index in [4.69, 9.17) is 0 Å². The van der Waals surface area contributed by atoms with Gasteiger partial charge in [0.25, 0.3) is 0 Å². The van der Waals surface area contributed by atoms with Gasteiger partial charge >= 0.3 is 0 Å². The van der Waals surface area contributed by atoms with Crippen LogP contribution in [0.15, 0.2) is 86.0 Å². The molecule has 0 saturated heterocycles. The molecule has 0 saturated carbocycles. The van der Waals surface area contributed by atoms with Crippen molar-refractivity contribution in [3.8, 4) is 0 Å². The zero-order valence-electron chi connectivity index (χ0n) is 17.1. The van der Waals surface area contributed by atoms with E-state index >= 15 is 0 Å². The Bertz CT molecular complexity index is 1180. The minimum absolute atomic E-state index is 0.967. The lowest BCUT2D eigenvalue weighted by atomic mass is 9.80. The zero-order valence-corrected chi connectivity index (χ0v) is 17.1. The van der Waals surface area contributed by atoms with Gasteiger partial charge in [-0.25, -0.2) is 0 Å². The van der Waals surface area contributed by atoms with E-state index in [0.29, 0.717) is 0 Å². The number of aryl methyl sites for hydroxylation is 2. The van der Waals surface area contributed by atoms with Gasteiger partial charge in [0.05, 0.1) is 0 Å². The number of rotatable bonds is 7. The fourth-order valence-electron chi connectivity index (χ4n) is 4.38. The van der Waals surface area contributed by atoms with E-state index in [0.717, 1.165) is 37.3 Å². The number of benzene rings is 3. The molecule has 1 aliphatic rings. The van der Waals surface area contributed by atoms with Crippen molar-refractivity contribution in [1.29, 1.82) is 0 Å². The van der Waals surface area contributed by atoms with E-state index in [1.807, 2.05) is 12.2 Å². The summed E-state index contributed by atoms with van der Waals surface area (Å²) in [7, 11) is 0. The molecule has 0 atom stereocenters. The molecule has 0 unspecified atom stereocenters. The van der Waals surface area contributed by atoms with Crippen molar-refractivity contribution in [2.75, 3.05) is 0 Å². The third-order valence-corrected chi connectivity index (χ3v) is 5.80. The average molecular weight is 377 g/mol. The molecule has 0 N–H and O–H groups in total. The molecule has 3 aromatic rings. The van der Waals surface area contributed by atoms with Gasteiger partial charge in [-0.15, -0.1) is 13.2 Å². The first-order chi connectivity index (χ1) is 14.2. The molecule has 0 fully saturated rings. The van der Waals surface area contributed by atoms with Crippen LogP contribution < -0.4 is 10.4 Å². The van der Waals surface area contributed by atoms with E-state index in [-0.39, 0.29) is 0 Å². The minimum atomic E-state index is 0.967. The van der Waals surface area contributed by atoms with Gasteiger partial charge in [-0.1, -0.05) is 79.4 Å². The van der Waals surface area contributed by atoms with E-state index in [1.165, 1.54) is 44.2 Å². The van der Waals surface area contributed by atoms with Crippen molar-refractivity contribution in [3.63, 3.8) is 0 Å². The maximum absolute atomic E-state index is 4.17. The predicted molar refractivity (Wildman–Crippen MR) is 126 cm³/mol. The molecule has 144 valence electrons. The van der Waals surface area contributed by atoms with Crippen LogP contribution in [-0.4, -0.2) is 0 Å². The first-order valence-electron chi connectivity index (χ1n) is 10.5. The first kappa shape index (κ1) is 19.2. The second kappa shape index (κ2) is 8.49. The standard InChI is InChI=1S/C29H28/c1-4-6-10-22-15-17-28-25(19-22)20-24-18-21(3)14-16-27(24)29(28)26-13-9-8-12-23(26)11-7-5-2/h4-5,8-9,12-19H,1-3,6-7,10-11,20H2. The number of allylic oxidation sites excluding steroid dienone is 2. The van der Waals surface area contributed by atoms with Crippen LogP contribution in [0.25, 0.3) is 12.2 Å². The summed E-state index contributed by atoms with van der Waals surface area (Å²) in [6.07, 6.45) is 9.03. The molecule has 4 rings (SSSR count). The Morgan fingerprint density at radius 1 is 0.759 bits per heavy atom. The Kier molecular flexibility index (Phi) is 5.62. The molecule has 0 amide bonds. The Balaban J connectivity index is 1.96. The molecule has 0 nitrogen and oxygen atoms in total. The maximum Gasteiger partial charge on any atom is -0.00131 e. The van der Waals surface area contributed by atoms with Gasteiger partial charge in [-0.05, 0) is 81.5 Å². The summed E-state index contributed by atoms with van der Waals surface area (Å²) >= 11 is 0. The summed E-state index contributed by atoms with van der Waals surface area (Å²) in [5.41, 5.74) is 9.62. The fraction of sp³-hybridized carbons (Fsp3) is 0.172. The van der Waals surface area contributed by atoms with Crippen LogP contribution in [0, 0.1) is 0 Å². The molecule has 3 aromatic carbocycles. The summed E-state index contributed by atoms with van der Waals surface area (Å²) in [6, 6.07) is 22.5. The molecule has 0 aliphatic heterocycles. The highest BCUT2D eigenvalue weighted by Gasteiger charge is 2.20. The van der Waals surface area contributed by atoms with Crippen LogP contribution >= 0.6 is 0 Å². The summed E-state index contributed by atoms with van der Waals surface area (Å²) < 4.78 is 0. The Labute approximate surface area is 174 Å². The van der Waals surface area contributed by atoms with E-state index < -0.39 is 0 Å². The third-order valence-electron chi connectivity index (χ3n) is 5.80. The van der Waals surface area contributed by atoms with Gasteiger partial charge in [0, 0.05) is 0 Å². The van der Waals surface area contributed by atoms with Crippen molar-refractivity contribution >= 4 is 12.2 Å². The molecule has 0 heterocycles. The van der Waals surface area contributed by atoms with Gasteiger partial charge in [0.2, 0.25) is 0 Å². The average Bonchev–Trinajstić information content (AvgIpc) is 2.74. The molecule has 0 radical (unpaired) electrons. The van der Waals surface area contributed by atoms with E-state index in [2.05, 4.69) is 80.4 Å². The van der Waals surface area contributed by atoms with Gasteiger partial charge in [-0.2, -0.15) is 0 Å². The summed E-state index contributed by atoms with van der Waals surface area (Å²) in [6.45, 7) is 12.0. The molecule has 1 aliphatic carbocycles. The predicted octanol–water partition coefficient (Wildman–Crippen LogP) is 5.49. The Morgan fingerprint density at radius 2 is 1.55 bits per heavy atom. The van der Waals surface area contributed by atoms with E-state index in [1.54, 1.807) is 0 Å². The third kappa shape index (κ3) is 3.89. The SMILES string of the molecule is C=CCCc1ccc2c(c1)Cc1cc(=C)ccc1=C2c1ccccc1CCC=C. The lowest BCUT2D eigenvalue weighted by Gasteiger charge is -2.23. The van der Waals surface area contributed by atoms with Crippen molar-refractivity contribution in [2.45, 2.75) is 32.1 Å². The van der Waals surface area contributed by atoms with Crippen LogP contribution in [0.5, 0.6) is 0 Å². The second-order valence-electron chi connectivity index (χ2n) is 7.85. The van der Waals surface area contributed by atoms with Crippen LogP contribution in [-0.2, 0) is 19.3 Å². The van der Waals surface area contributed by atoms with Crippen molar-refractivity contribution in [2.24, 2.45) is 0 Å². The lowest BCUT2D eigenvalue weighted by molar-refractivity contribution is 0.987. The fourth-order valence-corrected chi connectivity index (χ4v) is 4.38. The lowest BCUT2D eigenvalue weighted by Crippen LogP contribution is -2.24. The van der Waals surface area contributed by atoms with Crippen molar-refractivity contribution in [3.05, 3.63) is 130 Å². The Hall–Kier alpha value is -3.12. The zero-order chi connectivity index (χ0) is 20.2. The normalized spacial score (nSPS) is 12.2. The number of hydrogen-bond acceptors (Lipinski definition) is 0. The van der Waals surface area contributed by atoms with Crippen LogP contribution in [0.2, 0.25) is 0 Å². The topological polar surface area (TPSA) is 0 Å². The van der Waals surface area contributed by atoms with Crippen molar-refractivity contribution in [1.82, 2.24) is 0 Å². The molecular formula is C29H28. The maximum atomic E-state index is 4.17. The quantitative estimate of drug-likeness (QED) is 0.374. The van der Waals surface area contributed by atoms with Gasteiger partial charge < -0.3 is 0 Å². The van der Waals surface area contributed by atoms with Crippen LogP contribution in [0.3, 0.4) is 0 Å². The number of fused-ring (bicyclic) bond motifs is 2. The summed E-state index contributed by atoms with van der Waals surface area (Å²) in [5.74, 6) is 0. The largest absolute Gasteiger partial charge is 0.103 e. The molecule has 29 heavy (non-hydrogen) atoms. The molecular weight excluding hydrogens is 348 g/mol. The molecule has 0 bridgehead atoms. The number of hydrogen-bond donors (Lipinski definition) is 0. The minimum Gasteiger partial charge on any atom is -0.103 e. The smallest absolute Gasteiger partial charge is 0.00131 e. The van der Waals surface area contributed by atoms with Crippen molar-refractivity contribution < 1.29 is 0 Å². The van der Waals surface area contributed by atoms with Gasteiger partial charge in [0.1, 0.15) is 0 Å². The molecule has 0 heteroatoms. The van der Waals surface area contributed by atoms with Gasteiger partial charge in [0.15, 0.2) is 0 Å². The summed E-state index contributed by atoms with van der Waals surface area (Å²) in [5, 5.41) is 2.42. The monoisotopic (exact) mass is 376 g/mol.